The predicted molar refractivity (Wildman–Crippen MR) is 72.1 cm³/mol. The third kappa shape index (κ3) is 2.81. The lowest BCUT2D eigenvalue weighted by atomic mass is 9.90. The van der Waals surface area contributed by atoms with E-state index >= 15 is 0 Å². The Kier molecular flexibility index (Phi) is 4.10. The first kappa shape index (κ1) is 15.3. The van der Waals surface area contributed by atoms with Crippen molar-refractivity contribution in [1.82, 2.24) is 0 Å². The first-order valence-electron chi connectivity index (χ1n) is 6.12. The van der Waals surface area contributed by atoms with Crippen LogP contribution in [0.3, 0.4) is 0 Å². The number of aromatic hydroxyl groups is 2. The molecule has 0 aliphatic heterocycles. The Hall–Kier alpha value is -1.75. The molecule has 0 aliphatic rings. The largest absolute Gasteiger partial charge is 0.507 e. The number of carbonyl (C=O) groups excluding carboxylic acids is 1. The number of amides is 1. The Morgan fingerprint density at radius 1 is 1.11 bits per heavy atom. The normalized spacial score (nSPS) is 14.2. The highest BCUT2D eigenvalue weighted by Gasteiger charge is 2.28. The van der Waals surface area contributed by atoms with Crippen LogP contribution in [0, 0.1) is 20.8 Å². The summed E-state index contributed by atoms with van der Waals surface area (Å²) in [6, 6.07) is 0. The van der Waals surface area contributed by atoms with Crippen molar-refractivity contribution in [3.05, 3.63) is 22.3 Å². The Morgan fingerprint density at radius 3 is 2.05 bits per heavy atom. The standard InChI is InChI=1S/C14H21NO4/c1-7-8(2)12(17)10(9(3)11(7)16)5-6-14(4,19)13(15)18/h16-17,19H,5-6H2,1-4H3,(H2,15,18)/t14-/m0/s1. The van der Waals surface area contributed by atoms with Crippen molar-refractivity contribution in [2.24, 2.45) is 5.73 Å². The molecule has 1 aromatic carbocycles. The van der Waals surface area contributed by atoms with E-state index in [1.807, 2.05) is 0 Å². The Labute approximate surface area is 112 Å². The second kappa shape index (κ2) is 5.09. The summed E-state index contributed by atoms with van der Waals surface area (Å²) in [5.41, 5.74) is 5.77. The van der Waals surface area contributed by atoms with Gasteiger partial charge in [0.05, 0.1) is 0 Å². The van der Waals surface area contributed by atoms with Crippen LogP contribution in [0.1, 0.15) is 35.6 Å². The molecule has 1 rings (SSSR count). The maximum absolute atomic E-state index is 11.1. The molecule has 5 heteroatoms. The summed E-state index contributed by atoms with van der Waals surface area (Å²) in [6.07, 6.45) is 0.334. The quantitative estimate of drug-likeness (QED) is 0.615. The van der Waals surface area contributed by atoms with E-state index in [2.05, 4.69) is 0 Å². The number of hydrogen-bond acceptors (Lipinski definition) is 4. The molecule has 5 nitrogen and oxygen atoms in total. The van der Waals surface area contributed by atoms with Gasteiger partial charge in [0.1, 0.15) is 17.1 Å². The summed E-state index contributed by atoms with van der Waals surface area (Å²) >= 11 is 0. The summed E-state index contributed by atoms with van der Waals surface area (Å²) in [7, 11) is 0. The van der Waals surface area contributed by atoms with Gasteiger partial charge < -0.3 is 21.1 Å². The molecule has 0 fully saturated rings. The average Bonchev–Trinajstić information content (AvgIpc) is 2.33. The molecule has 0 saturated carbocycles. The van der Waals surface area contributed by atoms with Crippen LogP contribution >= 0.6 is 0 Å². The van der Waals surface area contributed by atoms with E-state index in [1.54, 1.807) is 20.8 Å². The van der Waals surface area contributed by atoms with Gasteiger partial charge in [-0.25, -0.2) is 0 Å². The van der Waals surface area contributed by atoms with Gasteiger partial charge in [-0.2, -0.15) is 0 Å². The molecule has 0 bridgehead atoms. The predicted octanol–water partition coefficient (Wildman–Crippen LogP) is 1.19. The molecule has 1 aromatic rings. The first-order chi connectivity index (χ1) is 8.59. The van der Waals surface area contributed by atoms with E-state index in [0.29, 0.717) is 22.3 Å². The molecular formula is C14H21NO4. The Balaban J connectivity index is 3.13. The molecule has 19 heavy (non-hydrogen) atoms. The number of nitrogens with two attached hydrogens (primary N) is 1. The smallest absolute Gasteiger partial charge is 0.249 e. The van der Waals surface area contributed by atoms with E-state index in [9.17, 15) is 20.1 Å². The number of primary amides is 1. The Morgan fingerprint density at radius 2 is 1.58 bits per heavy atom. The average molecular weight is 267 g/mol. The Bertz CT molecular complexity index is 492. The van der Waals surface area contributed by atoms with E-state index in [1.165, 1.54) is 6.92 Å². The molecule has 0 radical (unpaired) electrons. The minimum atomic E-state index is -1.63. The summed E-state index contributed by atoms with van der Waals surface area (Å²) in [6.45, 7) is 6.46. The third-order valence-electron chi connectivity index (χ3n) is 3.76. The minimum Gasteiger partial charge on any atom is -0.507 e. The van der Waals surface area contributed by atoms with Gasteiger partial charge in [0.2, 0.25) is 5.91 Å². The van der Waals surface area contributed by atoms with Crippen molar-refractivity contribution < 1.29 is 20.1 Å². The number of rotatable bonds is 4. The fourth-order valence-corrected chi connectivity index (χ4v) is 1.98. The number of carbonyl (C=O) groups is 1. The summed E-state index contributed by atoms with van der Waals surface area (Å²) in [4.78, 5) is 11.1. The molecule has 0 aromatic heterocycles. The van der Waals surface area contributed by atoms with Crippen LogP contribution in [-0.4, -0.2) is 26.8 Å². The zero-order valence-electron chi connectivity index (χ0n) is 11.7. The van der Waals surface area contributed by atoms with Crippen LogP contribution in [0.4, 0.5) is 0 Å². The van der Waals surface area contributed by atoms with Gasteiger partial charge in [-0.15, -0.1) is 0 Å². The maximum atomic E-state index is 11.1. The number of aliphatic hydroxyl groups is 1. The molecular weight excluding hydrogens is 246 g/mol. The summed E-state index contributed by atoms with van der Waals surface area (Å²) in [5.74, 6) is -0.588. The van der Waals surface area contributed by atoms with Gasteiger partial charge in [0.15, 0.2) is 0 Å². The van der Waals surface area contributed by atoms with Gasteiger partial charge in [-0.1, -0.05) is 0 Å². The van der Waals surface area contributed by atoms with Gasteiger partial charge in [0.25, 0.3) is 0 Å². The van der Waals surface area contributed by atoms with Crippen LogP contribution in [0.5, 0.6) is 11.5 Å². The van der Waals surface area contributed by atoms with E-state index < -0.39 is 11.5 Å². The highest BCUT2D eigenvalue weighted by atomic mass is 16.3. The molecule has 0 heterocycles. The van der Waals surface area contributed by atoms with Gasteiger partial charge >= 0.3 is 0 Å². The second-order valence-corrected chi connectivity index (χ2v) is 5.19. The number of phenols is 2. The molecule has 106 valence electrons. The molecule has 0 spiro atoms. The second-order valence-electron chi connectivity index (χ2n) is 5.19. The van der Waals surface area contributed by atoms with Gasteiger partial charge in [-0.05, 0) is 57.2 Å². The van der Waals surface area contributed by atoms with E-state index in [4.69, 9.17) is 5.73 Å². The fourth-order valence-electron chi connectivity index (χ4n) is 1.98. The highest BCUT2D eigenvalue weighted by Crippen LogP contribution is 2.37. The summed E-state index contributed by atoms with van der Waals surface area (Å²) < 4.78 is 0. The fraction of sp³-hybridized carbons (Fsp3) is 0.500. The van der Waals surface area contributed by atoms with Crippen molar-refractivity contribution in [3.8, 4) is 11.5 Å². The van der Waals surface area contributed by atoms with Gasteiger partial charge in [-0.3, -0.25) is 4.79 Å². The topological polar surface area (TPSA) is 104 Å². The molecule has 0 aliphatic carbocycles. The lowest BCUT2D eigenvalue weighted by Gasteiger charge is -2.21. The van der Waals surface area contributed by atoms with Crippen molar-refractivity contribution in [2.45, 2.75) is 46.1 Å². The zero-order valence-corrected chi connectivity index (χ0v) is 11.7. The van der Waals surface area contributed by atoms with Crippen LogP contribution in [0.25, 0.3) is 0 Å². The minimum absolute atomic E-state index is 0.0820. The molecule has 0 saturated heterocycles. The van der Waals surface area contributed by atoms with Crippen molar-refractivity contribution in [3.63, 3.8) is 0 Å². The lowest BCUT2D eigenvalue weighted by molar-refractivity contribution is -0.135. The highest BCUT2D eigenvalue weighted by molar-refractivity contribution is 5.82. The number of hydrogen-bond donors (Lipinski definition) is 4. The maximum Gasteiger partial charge on any atom is 0.249 e. The lowest BCUT2D eigenvalue weighted by Crippen LogP contribution is -2.41. The molecule has 1 amide bonds. The van der Waals surface area contributed by atoms with E-state index in [0.717, 1.165) is 0 Å². The zero-order chi connectivity index (χ0) is 15.0. The number of benzene rings is 1. The monoisotopic (exact) mass is 267 g/mol. The molecule has 0 unspecified atom stereocenters. The van der Waals surface area contributed by atoms with Crippen LogP contribution in [-0.2, 0) is 11.2 Å². The molecule has 1 atom stereocenters. The third-order valence-corrected chi connectivity index (χ3v) is 3.76. The van der Waals surface area contributed by atoms with Crippen LogP contribution in [0.2, 0.25) is 0 Å². The van der Waals surface area contributed by atoms with Crippen LogP contribution < -0.4 is 5.73 Å². The van der Waals surface area contributed by atoms with Crippen molar-refractivity contribution in [1.29, 1.82) is 0 Å². The van der Waals surface area contributed by atoms with Gasteiger partial charge in [0, 0.05) is 5.56 Å². The van der Waals surface area contributed by atoms with E-state index in [-0.39, 0.29) is 24.3 Å². The van der Waals surface area contributed by atoms with Crippen molar-refractivity contribution >= 4 is 5.91 Å². The first-order valence-corrected chi connectivity index (χ1v) is 6.12. The summed E-state index contributed by atoms with van der Waals surface area (Å²) in [5, 5.41) is 29.9. The van der Waals surface area contributed by atoms with Crippen LogP contribution in [0.15, 0.2) is 0 Å². The molecule has 5 N–H and O–H groups in total. The number of phenolic OH excluding ortho intramolecular Hbond substituents is 2. The van der Waals surface area contributed by atoms with Crippen molar-refractivity contribution in [2.75, 3.05) is 0 Å². The SMILES string of the molecule is Cc1c(C)c(O)c(CC[C@](C)(O)C(N)=O)c(C)c1O.